The lowest BCUT2D eigenvalue weighted by Gasteiger charge is -2.27. The van der Waals surface area contributed by atoms with E-state index in [1.165, 1.54) is 12.1 Å². The number of nitrogens with zero attached hydrogens (tertiary/aromatic N) is 1. The highest BCUT2D eigenvalue weighted by atomic mass is 35.5. The SMILES string of the molecule is N#CCc1ccc(S(=O)(=O)NC2CCCCC2Cl)cc1. The molecule has 2 atom stereocenters. The normalized spacial score (nSPS) is 23.2. The number of hydrogen-bond donors (Lipinski definition) is 1. The van der Waals surface area contributed by atoms with E-state index in [1.807, 2.05) is 6.07 Å². The van der Waals surface area contributed by atoms with Crippen LogP contribution in [0.25, 0.3) is 0 Å². The van der Waals surface area contributed by atoms with E-state index in [1.54, 1.807) is 12.1 Å². The first-order valence-electron chi connectivity index (χ1n) is 6.65. The Bertz CT molecular complexity index is 593. The number of alkyl halides is 1. The third-order valence-corrected chi connectivity index (χ3v) is 5.53. The van der Waals surface area contributed by atoms with Crippen LogP contribution in [0.2, 0.25) is 0 Å². The van der Waals surface area contributed by atoms with Crippen LogP contribution >= 0.6 is 11.6 Å². The fourth-order valence-electron chi connectivity index (χ4n) is 2.36. The predicted octanol–water partition coefficient (Wildman–Crippen LogP) is 2.58. The molecule has 0 spiro atoms. The molecular formula is C14H17ClN2O2S. The number of halogens is 1. The molecule has 0 saturated heterocycles. The van der Waals surface area contributed by atoms with E-state index in [2.05, 4.69) is 4.72 Å². The monoisotopic (exact) mass is 312 g/mol. The van der Waals surface area contributed by atoms with Gasteiger partial charge >= 0.3 is 0 Å². The lowest BCUT2D eigenvalue weighted by atomic mass is 9.96. The molecule has 0 heterocycles. The summed E-state index contributed by atoms with van der Waals surface area (Å²) < 4.78 is 27.2. The Morgan fingerprint density at radius 2 is 1.90 bits per heavy atom. The van der Waals surface area contributed by atoms with Crippen LogP contribution in [0.4, 0.5) is 0 Å². The van der Waals surface area contributed by atoms with Gasteiger partial charge in [0.05, 0.1) is 17.4 Å². The second kappa shape index (κ2) is 6.57. The fourth-order valence-corrected chi connectivity index (χ4v) is 4.09. The number of rotatable bonds is 4. The largest absolute Gasteiger partial charge is 0.240 e. The average molecular weight is 313 g/mol. The number of nitriles is 1. The van der Waals surface area contributed by atoms with Crippen molar-refractivity contribution in [3.63, 3.8) is 0 Å². The van der Waals surface area contributed by atoms with E-state index in [0.717, 1.165) is 31.2 Å². The number of hydrogen-bond acceptors (Lipinski definition) is 3. The smallest absolute Gasteiger partial charge is 0.207 e. The van der Waals surface area contributed by atoms with E-state index in [4.69, 9.17) is 16.9 Å². The minimum atomic E-state index is -3.54. The predicted molar refractivity (Wildman–Crippen MR) is 78.0 cm³/mol. The summed E-state index contributed by atoms with van der Waals surface area (Å²) in [5, 5.41) is 8.46. The molecule has 0 radical (unpaired) electrons. The molecule has 4 nitrogen and oxygen atoms in total. The third kappa shape index (κ3) is 3.72. The second-order valence-corrected chi connectivity index (χ2v) is 7.28. The van der Waals surface area contributed by atoms with Crippen LogP contribution in [0.3, 0.4) is 0 Å². The highest BCUT2D eigenvalue weighted by molar-refractivity contribution is 7.89. The van der Waals surface area contributed by atoms with Crippen molar-refractivity contribution < 1.29 is 8.42 Å². The van der Waals surface area contributed by atoms with Gasteiger partial charge in [-0.3, -0.25) is 0 Å². The summed E-state index contributed by atoms with van der Waals surface area (Å²) in [5.41, 5.74) is 0.805. The maximum absolute atomic E-state index is 12.3. The zero-order chi connectivity index (χ0) is 14.6. The van der Waals surface area contributed by atoms with Crippen molar-refractivity contribution in [1.29, 1.82) is 5.26 Å². The molecule has 0 aromatic heterocycles. The van der Waals surface area contributed by atoms with Gasteiger partial charge in [0.1, 0.15) is 0 Å². The van der Waals surface area contributed by atoms with Crippen LogP contribution in [0, 0.1) is 11.3 Å². The van der Waals surface area contributed by atoms with Gasteiger partial charge in [-0.15, -0.1) is 11.6 Å². The van der Waals surface area contributed by atoms with Crippen LogP contribution in [0.15, 0.2) is 29.2 Å². The molecular weight excluding hydrogens is 296 g/mol. The first-order valence-corrected chi connectivity index (χ1v) is 8.57. The zero-order valence-electron chi connectivity index (χ0n) is 11.0. The second-order valence-electron chi connectivity index (χ2n) is 5.01. The van der Waals surface area contributed by atoms with Crippen molar-refractivity contribution in [2.45, 2.75) is 48.4 Å². The maximum Gasteiger partial charge on any atom is 0.240 e. The number of nitrogens with one attached hydrogen (secondary N) is 1. The van der Waals surface area contributed by atoms with E-state index >= 15 is 0 Å². The van der Waals surface area contributed by atoms with Crippen LogP contribution < -0.4 is 4.72 Å². The lowest BCUT2D eigenvalue weighted by molar-refractivity contribution is 0.418. The first-order chi connectivity index (χ1) is 9.53. The lowest BCUT2D eigenvalue weighted by Crippen LogP contribution is -2.42. The van der Waals surface area contributed by atoms with Crippen molar-refractivity contribution in [2.24, 2.45) is 0 Å². The van der Waals surface area contributed by atoms with Gasteiger partial charge in [0.15, 0.2) is 0 Å². The van der Waals surface area contributed by atoms with Crippen LogP contribution in [-0.2, 0) is 16.4 Å². The molecule has 0 aliphatic heterocycles. The minimum absolute atomic E-state index is 0.142. The molecule has 1 aromatic carbocycles. The van der Waals surface area contributed by atoms with E-state index < -0.39 is 10.0 Å². The summed E-state index contributed by atoms with van der Waals surface area (Å²) in [6.45, 7) is 0. The van der Waals surface area contributed by atoms with Crippen molar-refractivity contribution in [3.8, 4) is 6.07 Å². The Morgan fingerprint density at radius 1 is 1.25 bits per heavy atom. The summed E-state index contributed by atoms with van der Waals surface area (Å²) in [6, 6.07) is 8.22. The van der Waals surface area contributed by atoms with E-state index in [9.17, 15) is 8.42 Å². The Labute approximate surface area is 124 Å². The summed E-state index contributed by atoms with van der Waals surface area (Å²) in [7, 11) is -3.54. The highest BCUT2D eigenvalue weighted by Crippen LogP contribution is 2.24. The fraction of sp³-hybridized carbons (Fsp3) is 0.500. The zero-order valence-corrected chi connectivity index (χ0v) is 12.6. The van der Waals surface area contributed by atoms with Gasteiger partial charge in [0.2, 0.25) is 10.0 Å². The molecule has 2 unspecified atom stereocenters. The molecule has 1 aliphatic carbocycles. The van der Waals surface area contributed by atoms with Gasteiger partial charge in [-0.1, -0.05) is 25.0 Å². The van der Waals surface area contributed by atoms with Gasteiger partial charge in [-0.25, -0.2) is 13.1 Å². The van der Waals surface area contributed by atoms with E-state index in [0.29, 0.717) is 0 Å². The molecule has 1 fully saturated rings. The molecule has 0 bridgehead atoms. The quantitative estimate of drug-likeness (QED) is 0.869. The molecule has 1 aromatic rings. The number of sulfonamides is 1. The van der Waals surface area contributed by atoms with Crippen molar-refractivity contribution in [2.75, 3.05) is 0 Å². The van der Waals surface area contributed by atoms with Gasteiger partial charge < -0.3 is 0 Å². The Morgan fingerprint density at radius 3 is 2.50 bits per heavy atom. The van der Waals surface area contributed by atoms with E-state index in [-0.39, 0.29) is 22.7 Å². The summed E-state index contributed by atoms with van der Waals surface area (Å²) >= 11 is 6.18. The third-order valence-electron chi connectivity index (χ3n) is 3.50. The molecule has 1 aliphatic rings. The Hall–Kier alpha value is -1.09. The van der Waals surface area contributed by atoms with Crippen molar-refractivity contribution in [3.05, 3.63) is 29.8 Å². The summed E-state index contributed by atoms with van der Waals surface area (Å²) in [6.07, 6.45) is 3.95. The van der Waals surface area contributed by atoms with Crippen LogP contribution in [0.5, 0.6) is 0 Å². The molecule has 6 heteroatoms. The van der Waals surface area contributed by atoms with Gasteiger partial charge in [0, 0.05) is 11.4 Å². The number of benzene rings is 1. The maximum atomic E-state index is 12.3. The molecule has 1 N–H and O–H groups in total. The van der Waals surface area contributed by atoms with Crippen molar-refractivity contribution in [1.82, 2.24) is 4.72 Å². The summed E-state index contributed by atoms with van der Waals surface area (Å²) in [5.74, 6) is 0. The minimum Gasteiger partial charge on any atom is -0.207 e. The molecule has 1 saturated carbocycles. The van der Waals surface area contributed by atoms with Gasteiger partial charge in [0.25, 0.3) is 0 Å². The molecule has 108 valence electrons. The molecule has 2 rings (SSSR count). The van der Waals surface area contributed by atoms with Gasteiger partial charge in [-0.05, 0) is 30.5 Å². The highest BCUT2D eigenvalue weighted by Gasteiger charge is 2.28. The van der Waals surface area contributed by atoms with Crippen LogP contribution in [0.1, 0.15) is 31.2 Å². The Balaban J connectivity index is 2.11. The molecule has 0 amide bonds. The topological polar surface area (TPSA) is 70.0 Å². The first kappa shape index (κ1) is 15.3. The molecule has 20 heavy (non-hydrogen) atoms. The summed E-state index contributed by atoms with van der Waals surface area (Å²) in [4.78, 5) is 0.216. The average Bonchev–Trinajstić information content (AvgIpc) is 2.42. The van der Waals surface area contributed by atoms with Gasteiger partial charge in [-0.2, -0.15) is 5.26 Å². The van der Waals surface area contributed by atoms with Crippen molar-refractivity contribution >= 4 is 21.6 Å². The standard InChI is InChI=1S/C14H17ClN2O2S/c15-13-3-1-2-4-14(13)17-20(18,19)12-7-5-11(6-8-12)9-10-16/h5-8,13-14,17H,1-4,9H2. The Kier molecular flexibility index (Phi) is 5.03. The van der Waals surface area contributed by atoms with Crippen LogP contribution in [-0.4, -0.2) is 19.8 Å².